The molecule has 0 aromatic heterocycles. The van der Waals surface area contributed by atoms with Crippen molar-refractivity contribution in [1.82, 2.24) is 5.32 Å². The summed E-state index contributed by atoms with van der Waals surface area (Å²) in [4.78, 5) is 61.0. The van der Waals surface area contributed by atoms with Gasteiger partial charge >= 0.3 is 23.9 Å². The van der Waals surface area contributed by atoms with Gasteiger partial charge in [0.2, 0.25) is 6.29 Å². The normalized spacial score (nSPS) is 21.9. The summed E-state index contributed by atoms with van der Waals surface area (Å²) < 4.78 is 32.9. The molecule has 0 radical (unpaired) electrons. The molecule has 0 aliphatic carbocycles. The lowest BCUT2D eigenvalue weighted by Crippen LogP contribution is -2.67. The van der Waals surface area contributed by atoms with Crippen molar-refractivity contribution < 1.29 is 52.4 Å². The molecule has 0 bridgehead atoms. The van der Waals surface area contributed by atoms with Crippen LogP contribution in [-0.4, -0.2) is 67.0 Å². The molecule has 0 unspecified atom stereocenters. The van der Waals surface area contributed by atoms with Gasteiger partial charge in [0.05, 0.1) is 5.56 Å². The fourth-order valence-electron chi connectivity index (χ4n) is 4.06. The van der Waals surface area contributed by atoms with E-state index in [-0.39, 0.29) is 17.9 Å². The molecule has 2 aromatic carbocycles. The Kier molecular flexibility index (Phi) is 10.6. The lowest BCUT2D eigenvalue weighted by atomic mass is 9.95. The van der Waals surface area contributed by atoms with Gasteiger partial charge in [0, 0.05) is 27.7 Å². The van der Waals surface area contributed by atoms with E-state index in [4.69, 9.17) is 28.4 Å². The Morgan fingerprint density at radius 3 is 1.98 bits per heavy atom. The molecule has 1 aliphatic rings. The second kappa shape index (κ2) is 14.1. The van der Waals surface area contributed by atoms with Gasteiger partial charge in [-0.25, -0.2) is 0 Å². The summed E-state index contributed by atoms with van der Waals surface area (Å²) >= 11 is 0. The number of ether oxygens (including phenoxy) is 6. The van der Waals surface area contributed by atoms with Crippen LogP contribution >= 0.6 is 0 Å². The number of hydrogen-bond acceptors (Lipinski definition) is 11. The van der Waals surface area contributed by atoms with Crippen molar-refractivity contribution in [2.75, 3.05) is 6.61 Å². The fraction of sp³-hybridized carbons (Fsp3) is 0.393. The van der Waals surface area contributed by atoms with E-state index in [1.54, 1.807) is 18.2 Å². The van der Waals surface area contributed by atoms with Crippen LogP contribution < -0.4 is 10.1 Å². The zero-order chi connectivity index (χ0) is 29.2. The standard InChI is InChI=1S/C28H31NO11/c1-16(30)35-15-23-25(37-17(2)31)26(38-18(3)32)24(28(40-23)39-19(4)33)29-27(34)21-12-8-9-13-22(21)36-14-20-10-6-5-7-11-20/h5-13,23-26,28H,14-15H2,1-4H3,(H,29,34)/t23-,24-,25-,26+,28+/m1/s1. The van der Waals surface area contributed by atoms with Crippen LogP contribution in [0, 0.1) is 0 Å². The van der Waals surface area contributed by atoms with Crippen LogP contribution in [0.2, 0.25) is 0 Å². The molecule has 1 N–H and O–H groups in total. The first-order valence-electron chi connectivity index (χ1n) is 12.4. The fourth-order valence-corrected chi connectivity index (χ4v) is 4.06. The third kappa shape index (κ3) is 8.53. The maximum atomic E-state index is 13.5. The molecule has 1 heterocycles. The molecule has 1 saturated heterocycles. The number of hydrogen-bond donors (Lipinski definition) is 1. The van der Waals surface area contributed by atoms with E-state index in [1.165, 1.54) is 6.07 Å². The zero-order valence-corrected chi connectivity index (χ0v) is 22.5. The molecule has 12 heteroatoms. The monoisotopic (exact) mass is 557 g/mol. The van der Waals surface area contributed by atoms with Crippen molar-refractivity contribution >= 4 is 29.8 Å². The minimum Gasteiger partial charge on any atom is -0.488 e. The first-order valence-corrected chi connectivity index (χ1v) is 12.4. The van der Waals surface area contributed by atoms with Gasteiger partial charge in [0.15, 0.2) is 12.2 Å². The summed E-state index contributed by atoms with van der Waals surface area (Å²) in [5, 5.41) is 2.68. The van der Waals surface area contributed by atoms with E-state index >= 15 is 0 Å². The molecule has 2 aromatic rings. The van der Waals surface area contributed by atoms with Crippen LogP contribution in [0.3, 0.4) is 0 Å². The van der Waals surface area contributed by atoms with E-state index < -0.39 is 67.0 Å². The SMILES string of the molecule is CC(=O)OC[C@H]1O[C@H](OC(C)=O)[C@H](NC(=O)c2ccccc2OCc2ccccc2)[C@H](OC(C)=O)[C@@H]1OC(C)=O. The average molecular weight is 558 g/mol. The highest BCUT2D eigenvalue weighted by atomic mass is 16.7. The van der Waals surface area contributed by atoms with Gasteiger partial charge in [0.1, 0.15) is 31.1 Å². The van der Waals surface area contributed by atoms with Crippen LogP contribution in [0.4, 0.5) is 0 Å². The summed E-state index contributed by atoms with van der Waals surface area (Å²) in [7, 11) is 0. The van der Waals surface area contributed by atoms with Crippen molar-refractivity contribution in [2.45, 2.75) is 64.9 Å². The Bertz CT molecular complexity index is 1220. The predicted molar refractivity (Wildman–Crippen MR) is 137 cm³/mol. The van der Waals surface area contributed by atoms with Gasteiger partial charge in [-0.05, 0) is 17.7 Å². The molecule has 12 nitrogen and oxygen atoms in total. The first-order chi connectivity index (χ1) is 19.0. The van der Waals surface area contributed by atoms with E-state index in [1.807, 2.05) is 30.3 Å². The third-order valence-corrected chi connectivity index (χ3v) is 5.65. The van der Waals surface area contributed by atoms with Crippen LogP contribution in [0.1, 0.15) is 43.6 Å². The van der Waals surface area contributed by atoms with E-state index in [0.717, 1.165) is 33.3 Å². The summed E-state index contributed by atoms with van der Waals surface area (Å²) in [5.41, 5.74) is 1.01. The number of carbonyl (C=O) groups is 5. The highest BCUT2D eigenvalue weighted by Gasteiger charge is 2.52. The summed E-state index contributed by atoms with van der Waals surface area (Å²) in [6.45, 7) is 4.30. The molecule has 5 atom stereocenters. The number of carbonyl (C=O) groups excluding carboxylic acids is 5. The number of benzene rings is 2. The van der Waals surface area contributed by atoms with Crippen molar-refractivity contribution in [3.63, 3.8) is 0 Å². The topological polar surface area (TPSA) is 153 Å². The molecule has 214 valence electrons. The Labute approximate surface area is 230 Å². The largest absolute Gasteiger partial charge is 0.488 e. The highest BCUT2D eigenvalue weighted by Crippen LogP contribution is 2.29. The van der Waals surface area contributed by atoms with E-state index in [2.05, 4.69) is 5.32 Å². The molecule has 3 rings (SSSR count). The Balaban J connectivity index is 1.93. The van der Waals surface area contributed by atoms with Crippen molar-refractivity contribution in [3.05, 3.63) is 65.7 Å². The maximum Gasteiger partial charge on any atom is 0.305 e. The van der Waals surface area contributed by atoms with Crippen LogP contribution in [-0.2, 0) is 49.5 Å². The van der Waals surface area contributed by atoms with Gasteiger partial charge in [0.25, 0.3) is 5.91 Å². The maximum absolute atomic E-state index is 13.5. The molecule has 1 fully saturated rings. The lowest BCUT2D eigenvalue weighted by Gasteiger charge is -2.44. The van der Waals surface area contributed by atoms with Crippen LogP contribution in [0.5, 0.6) is 5.75 Å². The molecule has 40 heavy (non-hydrogen) atoms. The Morgan fingerprint density at radius 1 is 0.750 bits per heavy atom. The van der Waals surface area contributed by atoms with Crippen LogP contribution in [0.25, 0.3) is 0 Å². The zero-order valence-electron chi connectivity index (χ0n) is 22.5. The lowest BCUT2D eigenvalue weighted by molar-refractivity contribution is -0.270. The van der Waals surface area contributed by atoms with Crippen molar-refractivity contribution in [1.29, 1.82) is 0 Å². The molecular weight excluding hydrogens is 526 g/mol. The number of rotatable bonds is 10. The molecule has 0 spiro atoms. The number of esters is 4. The number of nitrogens with one attached hydrogen (secondary N) is 1. The van der Waals surface area contributed by atoms with Gasteiger partial charge in [-0.1, -0.05) is 42.5 Å². The second-order valence-corrected chi connectivity index (χ2v) is 8.87. The Hall–Kier alpha value is -4.45. The third-order valence-electron chi connectivity index (χ3n) is 5.65. The van der Waals surface area contributed by atoms with Crippen LogP contribution in [0.15, 0.2) is 54.6 Å². The van der Waals surface area contributed by atoms with Gasteiger partial charge in [-0.3, -0.25) is 24.0 Å². The average Bonchev–Trinajstić information content (AvgIpc) is 2.89. The minimum absolute atomic E-state index is 0.132. The predicted octanol–water partition coefficient (Wildman–Crippen LogP) is 2.08. The van der Waals surface area contributed by atoms with E-state index in [0.29, 0.717) is 0 Å². The van der Waals surface area contributed by atoms with Gasteiger partial charge in [-0.15, -0.1) is 0 Å². The summed E-state index contributed by atoms with van der Waals surface area (Å²) in [6, 6.07) is 14.5. The summed E-state index contributed by atoms with van der Waals surface area (Å²) in [6.07, 6.45) is -5.42. The first kappa shape index (κ1) is 30.1. The quantitative estimate of drug-likeness (QED) is 0.337. The molecule has 1 aliphatic heterocycles. The highest BCUT2D eigenvalue weighted by molar-refractivity contribution is 5.97. The molecular formula is C28H31NO11. The molecule has 1 amide bonds. The summed E-state index contributed by atoms with van der Waals surface area (Å²) in [5.74, 6) is -3.36. The minimum atomic E-state index is -1.50. The second-order valence-electron chi connectivity index (χ2n) is 8.87. The van der Waals surface area contributed by atoms with E-state index in [9.17, 15) is 24.0 Å². The Morgan fingerprint density at radius 2 is 1.35 bits per heavy atom. The smallest absolute Gasteiger partial charge is 0.305 e. The molecule has 0 saturated carbocycles. The van der Waals surface area contributed by atoms with Crippen molar-refractivity contribution in [2.24, 2.45) is 0 Å². The van der Waals surface area contributed by atoms with Gasteiger partial charge < -0.3 is 33.7 Å². The van der Waals surface area contributed by atoms with Crippen molar-refractivity contribution in [3.8, 4) is 5.75 Å². The number of amides is 1. The number of para-hydroxylation sites is 1. The van der Waals surface area contributed by atoms with Gasteiger partial charge in [-0.2, -0.15) is 0 Å².